The van der Waals surface area contributed by atoms with Crippen molar-refractivity contribution in [1.82, 2.24) is 19.7 Å². The summed E-state index contributed by atoms with van der Waals surface area (Å²) >= 11 is 0. The van der Waals surface area contributed by atoms with Crippen LogP contribution in [-0.4, -0.2) is 59.5 Å². The molecule has 162 valence electrons. The summed E-state index contributed by atoms with van der Waals surface area (Å²) in [6.07, 6.45) is 2.75. The third-order valence-corrected chi connectivity index (χ3v) is 6.64. The van der Waals surface area contributed by atoms with Gasteiger partial charge in [-0.05, 0) is 36.1 Å². The average molecular weight is 420 g/mol. The first-order chi connectivity index (χ1) is 15.2. The number of para-hydroxylation sites is 2. The summed E-state index contributed by atoms with van der Waals surface area (Å²) < 4.78 is 7.41. The zero-order chi connectivity index (χ0) is 21.2. The predicted molar refractivity (Wildman–Crippen MR) is 121 cm³/mol. The van der Waals surface area contributed by atoms with Gasteiger partial charge in [-0.3, -0.25) is 9.47 Å². The van der Waals surface area contributed by atoms with Gasteiger partial charge in [0.15, 0.2) is 0 Å². The molecule has 0 radical (unpaired) electrons. The topological polar surface area (TPSA) is 66.4 Å². The Morgan fingerprint density at radius 2 is 1.84 bits per heavy atom. The number of piperazine rings is 1. The van der Waals surface area contributed by atoms with Crippen molar-refractivity contribution in [2.24, 2.45) is 0 Å². The largest absolute Gasteiger partial charge is 0.495 e. The van der Waals surface area contributed by atoms with Gasteiger partial charge >= 0.3 is 5.69 Å². The fourth-order valence-corrected chi connectivity index (χ4v) is 5.00. The van der Waals surface area contributed by atoms with Crippen LogP contribution in [0.2, 0.25) is 0 Å². The molecule has 2 heterocycles. The highest BCUT2D eigenvalue weighted by atomic mass is 16.5. The minimum atomic E-state index is -0.0994. The lowest BCUT2D eigenvalue weighted by molar-refractivity contribution is 0.257. The molecule has 5 rings (SSSR count). The first-order valence-electron chi connectivity index (χ1n) is 11.1. The Labute approximate surface area is 182 Å². The highest BCUT2D eigenvalue weighted by Gasteiger charge is 2.28. The Bertz CT molecular complexity index is 1100. The van der Waals surface area contributed by atoms with Gasteiger partial charge in [0.2, 0.25) is 0 Å². The molecular weight excluding hydrogens is 390 g/mol. The molecular formula is C24H29N5O2. The smallest absolute Gasteiger partial charge is 0.343 e. The molecule has 0 amide bonds. The second-order valence-electron chi connectivity index (χ2n) is 8.32. The van der Waals surface area contributed by atoms with Crippen molar-refractivity contribution in [1.29, 1.82) is 0 Å². The maximum atomic E-state index is 12.6. The Kier molecular flexibility index (Phi) is 5.51. The van der Waals surface area contributed by atoms with E-state index in [2.05, 4.69) is 56.4 Å². The van der Waals surface area contributed by atoms with Gasteiger partial charge in [0.05, 0.1) is 18.8 Å². The summed E-state index contributed by atoms with van der Waals surface area (Å²) in [4.78, 5) is 17.4. The van der Waals surface area contributed by atoms with Gasteiger partial charge in [-0.25, -0.2) is 9.89 Å². The second kappa shape index (κ2) is 8.59. The van der Waals surface area contributed by atoms with Gasteiger partial charge in [-0.1, -0.05) is 36.4 Å². The third-order valence-electron chi connectivity index (χ3n) is 6.64. The van der Waals surface area contributed by atoms with E-state index in [4.69, 9.17) is 4.74 Å². The van der Waals surface area contributed by atoms with Crippen LogP contribution in [0.25, 0.3) is 0 Å². The molecule has 3 aromatic rings. The predicted octanol–water partition coefficient (Wildman–Crippen LogP) is 2.48. The number of methoxy groups -OCH3 is 1. The number of nitrogens with one attached hydrogen (secondary N) is 1. The number of rotatable bonds is 6. The Hall–Kier alpha value is -3.06. The number of benzene rings is 2. The molecule has 7 nitrogen and oxygen atoms in total. The summed E-state index contributed by atoms with van der Waals surface area (Å²) in [6.45, 7) is 4.80. The molecule has 1 atom stereocenters. The highest BCUT2D eigenvalue weighted by Crippen LogP contribution is 2.34. The number of hydrogen-bond donors (Lipinski definition) is 1. The molecule has 1 saturated heterocycles. The lowest BCUT2D eigenvalue weighted by Crippen LogP contribution is -2.47. The highest BCUT2D eigenvalue weighted by molar-refractivity contribution is 5.58. The summed E-state index contributed by atoms with van der Waals surface area (Å²) in [7, 11) is 1.72. The number of H-pyrrole nitrogens is 1. The summed E-state index contributed by atoms with van der Waals surface area (Å²) in [5.41, 5.74) is 3.67. The van der Waals surface area contributed by atoms with E-state index in [1.54, 1.807) is 7.11 Å². The zero-order valence-corrected chi connectivity index (χ0v) is 18.0. The standard InChI is InChI=1S/C24H29N5O2/c1-31-22-9-5-4-8-21(22)28-16-14-27(15-17-28)13-12-23-25-26-24(30)29(23)20-11-10-18-6-2-3-7-19(18)20/h2-9,20H,10-17H2,1H3,(H,26,30). The number of aromatic nitrogens is 3. The number of ether oxygens (including phenoxy) is 1. The Balaban J connectivity index is 1.23. The number of aryl methyl sites for hydroxylation is 1. The van der Waals surface area contributed by atoms with E-state index in [0.29, 0.717) is 0 Å². The molecule has 1 aromatic heterocycles. The van der Waals surface area contributed by atoms with Crippen LogP contribution in [0.15, 0.2) is 53.3 Å². The maximum absolute atomic E-state index is 12.6. The van der Waals surface area contributed by atoms with Gasteiger partial charge in [-0.15, -0.1) is 0 Å². The monoisotopic (exact) mass is 419 g/mol. The van der Waals surface area contributed by atoms with E-state index in [0.717, 1.165) is 69.2 Å². The van der Waals surface area contributed by atoms with Crippen LogP contribution in [0.4, 0.5) is 5.69 Å². The maximum Gasteiger partial charge on any atom is 0.343 e. The van der Waals surface area contributed by atoms with Crippen LogP contribution < -0.4 is 15.3 Å². The van der Waals surface area contributed by atoms with Crippen LogP contribution >= 0.6 is 0 Å². The SMILES string of the molecule is COc1ccccc1N1CCN(CCc2n[nH]c(=O)n2C2CCc3ccccc32)CC1. The van der Waals surface area contributed by atoms with E-state index >= 15 is 0 Å². The van der Waals surface area contributed by atoms with Crippen LogP contribution in [0.5, 0.6) is 5.75 Å². The fraction of sp³-hybridized carbons (Fsp3) is 0.417. The molecule has 1 aliphatic heterocycles. The minimum Gasteiger partial charge on any atom is -0.495 e. The lowest BCUT2D eigenvalue weighted by Gasteiger charge is -2.36. The number of fused-ring (bicyclic) bond motifs is 1. The Morgan fingerprint density at radius 3 is 2.68 bits per heavy atom. The van der Waals surface area contributed by atoms with Gasteiger partial charge in [0.1, 0.15) is 11.6 Å². The summed E-state index contributed by atoms with van der Waals surface area (Å²) in [6, 6.07) is 16.7. The van der Waals surface area contributed by atoms with Crippen LogP contribution in [-0.2, 0) is 12.8 Å². The van der Waals surface area contributed by atoms with E-state index in [-0.39, 0.29) is 11.7 Å². The van der Waals surface area contributed by atoms with E-state index in [1.165, 1.54) is 11.1 Å². The van der Waals surface area contributed by atoms with Crippen LogP contribution in [0.1, 0.15) is 29.4 Å². The van der Waals surface area contributed by atoms with Crippen molar-refractivity contribution in [3.8, 4) is 5.75 Å². The molecule has 1 unspecified atom stereocenters. The van der Waals surface area contributed by atoms with Crippen LogP contribution in [0, 0.1) is 0 Å². The van der Waals surface area contributed by atoms with E-state index in [9.17, 15) is 4.79 Å². The number of aromatic amines is 1. The quantitative estimate of drug-likeness (QED) is 0.665. The van der Waals surface area contributed by atoms with E-state index in [1.807, 2.05) is 16.7 Å². The first-order valence-corrected chi connectivity index (χ1v) is 11.1. The third kappa shape index (κ3) is 3.85. The summed E-state index contributed by atoms with van der Waals surface area (Å²) in [5.74, 6) is 1.78. The summed E-state index contributed by atoms with van der Waals surface area (Å²) in [5, 5.41) is 7.07. The van der Waals surface area contributed by atoms with Crippen molar-refractivity contribution in [3.05, 3.63) is 76.0 Å². The molecule has 0 saturated carbocycles. The van der Waals surface area contributed by atoms with Gasteiger partial charge in [-0.2, -0.15) is 5.10 Å². The number of anilines is 1. The molecule has 31 heavy (non-hydrogen) atoms. The molecule has 0 spiro atoms. The molecule has 7 heteroatoms. The fourth-order valence-electron chi connectivity index (χ4n) is 5.00. The van der Waals surface area contributed by atoms with Crippen molar-refractivity contribution in [3.63, 3.8) is 0 Å². The lowest BCUT2D eigenvalue weighted by atomic mass is 10.1. The first kappa shape index (κ1) is 19.9. The number of nitrogens with zero attached hydrogens (tertiary/aromatic N) is 4. The van der Waals surface area contributed by atoms with E-state index < -0.39 is 0 Å². The van der Waals surface area contributed by atoms with Crippen LogP contribution in [0.3, 0.4) is 0 Å². The molecule has 1 aliphatic carbocycles. The molecule has 1 fully saturated rings. The second-order valence-corrected chi connectivity index (χ2v) is 8.32. The van der Waals surface area contributed by atoms with Crippen molar-refractivity contribution in [2.45, 2.75) is 25.3 Å². The molecule has 2 aliphatic rings. The van der Waals surface area contributed by atoms with Crippen molar-refractivity contribution >= 4 is 5.69 Å². The Morgan fingerprint density at radius 1 is 1.06 bits per heavy atom. The zero-order valence-electron chi connectivity index (χ0n) is 18.0. The molecule has 1 N–H and O–H groups in total. The molecule has 2 aromatic carbocycles. The van der Waals surface area contributed by atoms with Gasteiger partial charge in [0.25, 0.3) is 0 Å². The van der Waals surface area contributed by atoms with Crippen molar-refractivity contribution < 1.29 is 4.74 Å². The van der Waals surface area contributed by atoms with Gasteiger partial charge in [0, 0.05) is 39.1 Å². The number of hydrogen-bond acceptors (Lipinski definition) is 5. The minimum absolute atomic E-state index is 0.0971. The van der Waals surface area contributed by atoms with Crippen molar-refractivity contribution in [2.75, 3.05) is 44.7 Å². The van der Waals surface area contributed by atoms with Gasteiger partial charge < -0.3 is 9.64 Å². The molecule has 0 bridgehead atoms. The average Bonchev–Trinajstić information content (AvgIpc) is 3.40. The normalized spacial score (nSPS) is 18.9.